The van der Waals surface area contributed by atoms with Gasteiger partial charge in [-0.05, 0) is 54.3 Å². The number of non-ortho nitro benzene ring substituents is 1. The molecule has 1 fully saturated rings. The summed E-state index contributed by atoms with van der Waals surface area (Å²) in [5.41, 5.74) is 1.35. The molecule has 0 radical (unpaired) electrons. The van der Waals surface area contributed by atoms with E-state index in [1.54, 1.807) is 30.3 Å². The molecule has 0 unspecified atom stereocenters. The van der Waals surface area contributed by atoms with Crippen molar-refractivity contribution in [3.05, 3.63) is 69.3 Å². The molecule has 1 aliphatic rings. The molecule has 0 saturated carbocycles. The third kappa shape index (κ3) is 6.06. The summed E-state index contributed by atoms with van der Waals surface area (Å²) >= 11 is 0. The Bertz CT molecular complexity index is 1040. The van der Waals surface area contributed by atoms with E-state index in [-0.39, 0.29) is 24.0 Å². The van der Waals surface area contributed by atoms with Crippen molar-refractivity contribution in [2.75, 3.05) is 20.3 Å². The molecule has 2 aromatic carbocycles. The van der Waals surface area contributed by atoms with Gasteiger partial charge in [-0.3, -0.25) is 14.9 Å². The third-order valence-corrected chi connectivity index (χ3v) is 4.92. The Hall–Kier alpha value is -3.90. The van der Waals surface area contributed by atoms with Gasteiger partial charge in [0, 0.05) is 25.3 Å². The lowest BCUT2D eigenvalue weighted by Crippen LogP contribution is -2.32. The van der Waals surface area contributed by atoms with Crippen molar-refractivity contribution in [2.45, 2.75) is 25.6 Å². The zero-order valence-corrected chi connectivity index (χ0v) is 17.6. The number of hydrogen-bond donors (Lipinski definition) is 1. The number of carbonyl (C=O) groups is 1. The fourth-order valence-electron chi connectivity index (χ4n) is 3.19. The standard InChI is InChI=1S/C23H23N3O6/c1-30-22-12-17(11-18(13-24)23(27)25-14-20-3-2-10-31-20)6-9-21(22)32-15-16-4-7-19(8-5-16)26(28)29/h4-9,11-12,20H,2-3,10,14-15H2,1H3,(H,25,27)/b18-11+/t20-/m0/s1. The number of nitrogens with one attached hydrogen (secondary N) is 1. The molecule has 32 heavy (non-hydrogen) atoms. The quantitative estimate of drug-likeness (QED) is 0.276. The molecule has 1 heterocycles. The second-order valence-corrected chi connectivity index (χ2v) is 7.14. The van der Waals surface area contributed by atoms with Gasteiger partial charge < -0.3 is 19.5 Å². The molecule has 1 aliphatic heterocycles. The van der Waals surface area contributed by atoms with E-state index in [2.05, 4.69) is 5.32 Å². The number of benzene rings is 2. The van der Waals surface area contributed by atoms with Crippen LogP contribution in [0, 0.1) is 21.4 Å². The van der Waals surface area contributed by atoms with Crippen LogP contribution in [0.25, 0.3) is 6.08 Å². The summed E-state index contributed by atoms with van der Waals surface area (Å²) in [5.74, 6) is 0.433. The lowest BCUT2D eigenvalue weighted by atomic mass is 10.1. The Kier molecular flexibility index (Phi) is 7.78. The zero-order chi connectivity index (χ0) is 22.9. The van der Waals surface area contributed by atoms with Crippen molar-refractivity contribution in [2.24, 2.45) is 0 Å². The number of nitro benzene ring substituents is 1. The average molecular weight is 437 g/mol. The number of methoxy groups -OCH3 is 1. The molecule has 1 N–H and O–H groups in total. The number of rotatable bonds is 9. The summed E-state index contributed by atoms with van der Waals surface area (Å²) in [5, 5.41) is 22.9. The van der Waals surface area contributed by atoms with E-state index in [0.717, 1.165) is 18.4 Å². The zero-order valence-electron chi connectivity index (χ0n) is 17.6. The van der Waals surface area contributed by atoms with Crippen LogP contribution in [0.2, 0.25) is 0 Å². The summed E-state index contributed by atoms with van der Waals surface area (Å²) in [6, 6.07) is 13.0. The van der Waals surface area contributed by atoms with Crippen LogP contribution in [-0.2, 0) is 16.1 Å². The van der Waals surface area contributed by atoms with Crippen LogP contribution in [0.5, 0.6) is 11.5 Å². The molecular formula is C23H23N3O6. The fourth-order valence-corrected chi connectivity index (χ4v) is 3.19. The number of nitro groups is 1. The molecule has 0 aromatic heterocycles. The summed E-state index contributed by atoms with van der Waals surface area (Å²) in [6.07, 6.45) is 3.34. The summed E-state index contributed by atoms with van der Waals surface area (Å²) in [7, 11) is 1.49. The van der Waals surface area contributed by atoms with Gasteiger partial charge in [-0.25, -0.2) is 0 Å². The van der Waals surface area contributed by atoms with Gasteiger partial charge in [0.1, 0.15) is 18.2 Å². The topological polar surface area (TPSA) is 124 Å². The van der Waals surface area contributed by atoms with Crippen molar-refractivity contribution in [1.29, 1.82) is 5.26 Å². The Morgan fingerprint density at radius 3 is 2.72 bits per heavy atom. The highest BCUT2D eigenvalue weighted by atomic mass is 16.6. The smallest absolute Gasteiger partial charge is 0.269 e. The van der Waals surface area contributed by atoms with E-state index in [9.17, 15) is 20.2 Å². The minimum absolute atomic E-state index is 0.00818. The number of hydrogen-bond acceptors (Lipinski definition) is 7. The van der Waals surface area contributed by atoms with Crippen LogP contribution in [0.4, 0.5) is 5.69 Å². The minimum atomic E-state index is -0.460. The first-order chi connectivity index (χ1) is 15.5. The van der Waals surface area contributed by atoms with Crippen molar-refractivity contribution in [3.63, 3.8) is 0 Å². The summed E-state index contributed by atoms with van der Waals surface area (Å²) in [4.78, 5) is 22.6. The van der Waals surface area contributed by atoms with Gasteiger partial charge in [0.05, 0.1) is 18.1 Å². The maximum Gasteiger partial charge on any atom is 0.269 e. The Balaban J connectivity index is 1.65. The van der Waals surface area contributed by atoms with Gasteiger partial charge in [-0.1, -0.05) is 6.07 Å². The Labute approximate surface area is 185 Å². The highest BCUT2D eigenvalue weighted by molar-refractivity contribution is 6.01. The predicted octanol–water partition coefficient (Wildman–Crippen LogP) is 3.38. The van der Waals surface area contributed by atoms with Gasteiger partial charge in [0.25, 0.3) is 11.6 Å². The molecule has 0 spiro atoms. The van der Waals surface area contributed by atoms with Crippen molar-refractivity contribution in [1.82, 2.24) is 5.32 Å². The van der Waals surface area contributed by atoms with Crippen LogP contribution >= 0.6 is 0 Å². The third-order valence-electron chi connectivity index (χ3n) is 4.92. The van der Waals surface area contributed by atoms with Crippen molar-refractivity contribution in [3.8, 4) is 17.6 Å². The molecule has 1 amide bonds. The van der Waals surface area contributed by atoms with Gasteiger partial charge in [-0.2, -0.15) is 5.26 Å². The van der Waals surface area contributed by atoms with E-state index >= 15 is 0 Å². The SMILES string of the molecule is COc1cc(/C=C(\C#N)C(=O)NC[C@@H]2CCCO2)ccc1OCc1ccc([N+](=O)[O-])cc1. The largest absolute Gasteiger partial charge is 0.493 e. The molecule has 3 rings (SSSR count). The van der Waals surface area contributed by atoms with Gasteiger partial charge >= 0.3 is 0 Å². The fraction of sp³-hybridized carbons (Fsp3) is 0.304. The summed E-state index contributed by atoms with van der Waals surface area (Å²) in [6.45, 7) is 1.26. The van der Waals surface area contributed by atoms with Crippen molar-refractivity contribution >= 4 is 17.7 Å². The van der Waals surface area contributed by atoms with Crippen LogP contribution in [0.3, 0.4) is 0 Å². The normalized spacial score (nSPS) is 15.6. The maximum atomic E-state index is 12.3. The highest BCUT2D eigenvalue weighted by Gasteiger charge is 2.18. The maximum absolute atomic E-state index is 12.3. The first kappa shape index (κ1) is 22.8. The first-order valence-electron chi connectivity index (χ1n) is 10.1. The molecule has 9 heteroatoms. The van der Waals surface area contributed by atoms with E-state index in [4.69, 9.17) is 14.2 Å². The van der Waals surface area contributed by atoms with Crippen LogP contribution < -0.4 is 14.8 Å². The Morgan fingerprint density at radius 1 is 1.31 bits per heavy atom. The monoisotopic (exact) mass is 437 g/mol. The average Bonchev–Trinajstić information content (AvgIpc) is 3.34. The number of carbonyl (C=O) groups excluding carboxylic acids is 1. The van der Waals surface area contributed by atoms with Crippen LogP contribution in [0.15, 0.2) is 48.0 Å². The van der Waals surface area contributed by atoms with E-state index in [1.807, 2.05) is 6.07 Å². The van der Waals surface area contributed by atoms with E-state index in [0.29, 0.717) is 30.2 Å². The second kappa shape index (κ2) is 10.9. The van der Waals surface area contributed by atoms with E-state index < -0.39 is 10.8 Å². The van der Waals surface area contributed by atoms with Crippen LogP contribution in [0.1, 0.15) is 24.0 Å². The van der Waals surface area contributed by atoms with Gasteiger partial charge in [-0.15, -0.1) is 0 Å². The minimum Gasteiger partial charge on any atom is -0.493 e. The van der Waals surface area contributed by atoms with E-state index in [1.165, 1.54) is 25.3 Å². The molecule has 9 nitrogen and oxygen atoms in total. The second-order valence-electron chi connectivity index (χ2n) is 7.14. The molecule has 0 aliphatic carbocycles. The molecule has 1 saturated heterocycles. The summed E-state index contributed by atoms with van der Waals surface area (Å²) < 4.78 is 16.6. The molecular weight excluding hydrogens is 414 g/mol. The number of amides is 1. The first-order valence-corrected chi connectivity index (χ1v) is 10.1. The Morgan fingerprint density at radius 2 is 2.09 bits per heavy atom. The lowest BCUT2D eigenvalue weighted by molar-refractivity contribution is -0.384. The van der Waals surface area contributed by atoms with Gasteiger partial charge in [0.2, 0.25) is 0 Å². The predicted molar refractivity (Wildman–Crippen MR) is 116 cm³/mol. The number of ether oxygens (including phenoxy) is 3. The molecule has 1 atom stereocenters. The molecule has 166 valence electrons. The molecule has 2 aromatic rings. The van der Waals surface area contributed by atoms with Crippen molar-refractivity contribution < 1.29 is 23.9 Å². The number of nitriles is 1. The highest BCUT2D eigenvalue weighted by Crippen LogP contribution is 2.30. The number of nitrogens with zero attached hydrogens (tertiary/aromatic N) is 2. The molecule has 0 bridgehead atoms. The lowest BCUT2D eigenvalue weighted by Gasteiger charge is -2.12. The van der Waals surface area contributed by atoms with Gasteiger partial charge in [0.15, 0.2) is 11.5 Å². The van der Waals surface area contributed by atoms with Crippen LogP contribution in [-0.4, -0.2) is 37.2 Å².